The van der Waals surface area contributed by atoms with E-state index < -0.39 is 5.60 Å². The van der Waals surface area contributed by atoms with E-state index in [4.69, 9.17) is 4.74 Å². The molecule has 7 nitrogen and oxygen atoms in total. The summed E-state index contributed by atoms with van der Waals surface area (Å²) in [5.74, 6) is 0.818. The number of ether oxygens (including phenoxy) is 1. The number of rotatable bonds is 10. The molecule has 0 aliphatic carbocycles. The van der Waals surface area contributed by atoms with Gasteiger partial charge in [-0.1, -0.05) is 13.8 Å². The third kappa shape index (κ3) is 12.5. The van der Waals surface area contributed by atoms with Crippen molar-refractivity contribution in [1.82, 2.24) is 20.9 Å². The first-order valence-electron chi connectivity index (χ1n) is 9.46. The Bertz CT molecular complexity index is 389. The third-order valence-electron chi connectivity index (χ3n) is 3.61. The fourth-order valence-electron chi connectivity index (χ4n) is 2.33. The summed E-state index contributed by atoms with van der Waals surface area (Å²) in [7, 11) is 0. The molecule has 0 aromatic carbocycles. The SMILES string of the molecule is CCNC(=NCC(C)N(CC)CC)NCCCNC(=O)OC(C)(C)C. The van der Waals surface area contributed by atoms with Gasteiger partial charge in [0.05, 0.1) is 6.54 Å². The molecule has 0 radical (unpaired) electrons. The van der Waals surface area contributed by atoms with E-state index in [1.54, 1.807) is 0 Å². The van der Waals surface area contributed by atoms with Crippen molar-refractivity contribution in [3.05, 3.63) is 0 Å². The second kappa shape index (κ2) is 12.8. The number of carbonyl (C=O) groups excluding carboxylic acids is 1. The highest BCUT2D eigenvalue weighted by molar-refractivity contribution is 5.79. The molecule has 0 aliphatic rings. The molecule has 0 saturated heterocycles. The first kappa shape index (κ1) is 23.5. The highest BCUT2D eigenvalue weighted by atomic mass is 16.6. The average Bonchev–Trinajstić information content (AvgIpc) is 2.51. The highest BCUT2D eigenvalue weighted by Gasteiger charge is 2.15. The summed E-state index contributed by atoms with van der Waals surface area (Å²) in [5.41, 5.74) is -0.464. The maximum absolute atomic E-state index is 11.6. The highest BCUT2D eigenvalue weighted by Crippen LogP contribution is 2.06. The summed E-state index contributed by atoms with van der Waals surface area (Å²) >= 11 is 0. The van der Waals surface area contributed by atoms with E-state index >= 15 is 0 Å². The number of amides is 1. The first-order chi connectivity index (χ1) is 11.7. The fraction of sp³-hybridized carbons (Fsp3) is 0.889. The largest absolute Gasteiger partial charge is 0.444 e. The lowest BCUT2D eigenvalue weighted by molar-refractivity contribution is 0.0527. The molecule has 1 atom stereocenters. The Kier molecular flexibility index (Phi) is 12.0. The van der Waals surface area contributed by atoms with E-state index in [-0.39, 0.29) is 6.09 Å². The monoisotopic (exact) mass is 357 g/mol. The van der Waals surface area contributed by atoms with Gasteiger partial charge in [-0.25, -0.2) is 4.79 Å². The van der Waals surface area contributed by atoms with E-state index in [9.17, 15) is 4.79 Å². The molecule has 7 heteroatoms. The Hall–Kier alpha value is -1.50. The van der Waals surface area contributed by atoms with Gasteiger partial charge < -0.3 is 20.7 Å². The molecule has 148 valence electrons. The maximum atomic E-state index is 11.6. The molecule has 0 aromatic heterocycles. The number of nitrogens with zero attached hydrogens (tertiary/aromatic N) is 2. The van der Waals surface area contributed by atoms with E-state index in [0.717, 1.165) is 45.1 Å². The van der Waals surface area contributed by atoms with Crippen LogP contribution in [-0.2, 0) is 4.74 Å². The van der Waals surface area contributed by atoms with Crippen LogP contribution in [0, 0.1) is 0 Å². The minimum atomic E-state index is -0.464. The Labute approximate surface area is 154 Å². The van der Waals surface area contributed by atoms with Gasteiger partial charge in [-0.3, -0.25) is 9.89 Å². The van der Waals surface area contributed by atoms with Gasteiger partial charge >= 0.3 is 6.09 Å². The molecule has 0 spiro atoms. The predicted octanol–water partition coefficient (Wildman–Crippen LogP) is 2.19. The Morgan fingerprint density at radius 3 is 2.20 bits per heavy atom. The van der Waals surface area contributed by atoms with Gasteiger partial charge in [0.1, 0.15) is 5.60 Å². The topological polar surface area (TPSA) is 78.0 Å². The second-order valence-electron chi connectivity index (χ2n) is 7.00. The van der Waals surface area contributed by atoms with Gasteiger partial charge in [0.15, 0.2) is 5.96 Å². The van der Waals surface area contributed by atoms with E-state index in [2.05, 4.69) is 53.5 Å². The van der Waals surface area contributed by atoms with Crippen LogP contribution >= 0.6 is 0 Å². The molecule has 0 aliphatic heterocycles. The molecule has 0 bridgehead atoms. The third-order valence-corrected chi connectivity index (χ3v) is 3.61. The van der Waals surface area contributed by atoms with Gasteiger partial charge in [-0.2, -0.15) is 0 Å². The molecular formula is C18H39N5O2. The standard InChI is InChI=1S/C18H39N5O2/c1-8-19-16(22-14-15(4)23(9-2)10-3)20-12-11-13-21-17(24)25-18(5,6)7/h15H,8-14H2,1-7H3,(H,21,24)(H2,19,20,22). The quantitative estimate of drug-likeness (QED) is 0.317. The second-order valence-corrected chi connectivity index (χ2v) is 7.00. The van der Waals surface area contributed by atoms with Crippen molar-refractivity contribution in [3.63, 3.8) is 0 Å². The molecular weight excluding hydrogens is 318 g/mol. The zero-order valence-corrected chi connectivity index (χ0v) is 17.2. The fourth-order valence-corrected chi connectivity index (χ4v) is 2.33. The summed E-state index contributed by atoms with van der Waals surface area (Å²) in [5, 5.41) is 9.31. The zero-order chi connectivity index (χ0) is 19.3. The summed E-state index contributed by atoms with van der Waals surface area (Å²) in [6.45, 7) is 19.1. The van der Waals surface area contributed by atoms with Crippen LogP contribution in [0.1, 0.15) is 54.9 Å². The summed E-state index contributed by atoms with van der Waals surface area (Å²) in [4.78, 5) is 18.6. The molecule has 1 amide bonds. The van der Waals surface area contributed by atoms with Crippen molar-refractivity contribution in [2.24, 2.45) is 4.99 Å². The number of aliphatic imine (C=N–C) groups is 1. The van der Waals surface area contributed by atoms with Gasteiger partial charge in [0.2, 0.25) is 0 Å². The van der Waals surface area contributed by atoms with Crippen molar-refractivity contribution in [3.8, 4) is 0 Å². The van der Waals surface area contributed by atoms with Crippen LogP contribution < -0.4 is 16.0 Å². The number of alkyl carbamates (subject to hydrolysis) is 1. The smallest absolute Gasteiger partial charge is 0.407 e. The van der Waals surface area contributed by atoms with Gasteiger partial charge in [-0.05, 0) is 54.1 Å². The van der Waals surface area contributed by atoms with Gasteiger partial charge in [0, 0.05) is 25.7 Å². The molecule has 0 aromatic rings. The molecule has 0 rings (SSSR count). The first-order valence-corrected chi connectivity index (χ1v) is 9.46. The Balaban J connectivity index is 4.15. The summed E-state index contributed by atoms with van der Waals surface area (Å²) in [6.07, 6.45) is 0.427. The lowest BCUT2D eigenvalue weighted by Gasteiger charge is -2.25. The zero-order valence-electron chi connectivity index (χ0n) is 17.2. The summed E-state index contributed by atoms with van der Waals surface area (Å²) < 4.78 is 5.20. The van der Waals surface area contributed by atoms with Crippen LogP contribution in [0.3, 0.4) is 0 Å². The van der Waals surface area contributed by atoms with Crippen LogP contribution in [0.4, 0.5) is 4.79 Å². The van der Waals surface area contributed by atoms with Crippen LogP contribution in [0.5, 0.6) is 0 Å². The minimum Gasteiger partial charge on any atom is -0.444 e. The number of carbonyl (C=O) groups is 1. The number of likely N-dealkylation sites (N-methyl/N-ethyl adjacent to an activating group) is 1. The van der Waals surface area contributed by atoms with Gasteiger partial charge in [0.25, 0.3) is 0 Å². The number of hydrogen-bond acceptors (Lipinski definition) is 4. The molecule has 0 saturated carbocycles. The maximum Gasteiger partial charge on any atom is 0.407 e. The van der Waals surface area contributed by atoms with Crippen LogP contribution in [0.2, 0.25) is 0 Å². The van der Waals surface area contributed by atoms with Crippen molar-refractivity contribution in [2.45, 2.75) is 66.5 Å². The van der Waals surface area contributed by atoms with Crippen LogP contribution in [-0.4, -0.2) is 67.9 Å². The predicted molar refractivity (Wildman–Crippen MR) is 105 cm³/mol. The molecule has 1 unspecified atom stereocenters. The minimum absolute atomic E-state index is 0.374. The average molecular weight is 358 g/mol. The Morgan fingerprint density at radius 1 is 1.08 bits per heavy atom. The Morgan fingerprint density at radius 2 is 1.68 bits per heavy atom. The van der Waals surface area contributed by atoms with Crippen molar-refractivity contribution < 1.29 is 9.53 Å². The number of nitrogens with one attached hydrogen (secondary N) is 3. The normalized spacial score (nSPS) is 13.5. The van der Waals surface area contributed by atoms with E-state index in [1.165, 1.54) is 0 Å². The van der Waals surface area contributed by atoms with Gasteiger partial charge in [-0.15, -0.1) is 0 Å². The lowest BCUT2D eigenvalue weighted by atomic mass is 10.2. The number of hydrogen-bond donors (Lipinski definition) is 3. The van der Waals surface area contributed by atoms with Crippen molar-refractivity contribution in [2.75, 3.05) is 39.3 Å². The molecule has 25 heavy (non-hydrogen) atoms. The van der Waals surface area contributed by atoms with Crippen molar-refractivity contribution in [1.29, 1.82) is 0 Å². The van der Waals surface area contributed by atoms with E-state index in [0.29, 0.717) is 12.6 Å². The van der Waals surface area contributed by atoms with Crippen LogP contribution in [0.25, 0.3) is 0 Å². The summed E-state index contributed by atoms with van der Waals surface area (Å²) in [6, 6.07) is 0.416. The van der Waals surface area contributed by atoms with Crippen LogP contribution in [0.15, 0.2) is 4.99 Å². The molecule has 3 N–H and O–H groups in total. The number of guanidine groups is 1. The molecule has 0 heterocycles. The van der Waals surface area contributed by atoms with Crippen molar-refractivity contribution >= 4 is 12.1 Å². The molecule has 0 fully saturated rings. The lowest BCUT2D eigenvalue weighted by Crippen LogP contribution is -2.41. The van der Waals surface area contributed by atoms with E-state index in [1.807, 2.05) is 20.8 Å².